The number of amides is 1. The van der Waals surface area contributed by atoms with Crippen molar-refractivity contribution in [3.05, 3.63) is 39.2 Å². The lowest BCUT2D eigenvalue weighted by Gasteiger charge is -2.19. The highest BCUT2D eigenvalue weighted by molar-refractivity contribution is 9.10. The Morgan fingerprint density at radius 1 is 1.41 bits per heavy atom. The highest BCUT2D eigenvalue weighted by Gasteiger charge is 2.15. The fourth-order valence-corrected chi connectivity index (χ4v) is 2.27. The summed E-state index contributed by atoms with van der Waals surface area (Å²) in [4.78, 5) is 23.8. The number of hydrogen-bond donors (Lipinski definition) is 1. The minimum absolute atomic E-state index is 0.184. The van der Waals surface area contributed by atoms with Crippen molar-refractivity contribution in [1.29, 1.82) is 0 Å². The Hall–Kier alpha value is -1.89. The lowest BCUT2D eigenvalue weighted by atomic mass is 10.2. The third-order valence-electron chi connectivity index (χ3n) is 2.81. The van der Waals surface area contributed by atoms with E-state index in [9.17, 15) is 9.59 Å². The molecule has 118 valence electrons. The zero-order valence-electron chi connectivity index (χ0n) is 12.7. The van der Waals surface area contributed by atoms with Gasteiger partial charge in [0.05, 0.1) is 18.1 Å². The normalized spacial score (nSPS) is 11.5. The summed E-state index contributed by atoms with van der Waals surface area (Å²) in [6, 6.07) is 5.40. The molecule has 6 nitrogen and oxygen atoms in total. The topological polar surface area (TPSA) is 73.2 Å². The maximum Gasteiger partial charge on any atom is 0.407 e. The molecule has 0 aliphatic carbocycles. The van der Waals surface area contributed by atoms with Crippen molar-refractivity contribution in [2.45, 2.75) is 32.9 Å². The smallest absolute Gasteiger partial charge is 0.407 e. The van der Waals surface area contributed by atoms with Gasteiger partial charge < -0.3 is 10.1 Å². The maximum absolute atomic E-state index is 12.3. The van der Waals surface area contributed by atoms with E-state index in [1.54, 1.807) is 33.0 Å². The van der Waals surface area contributed by atoms with Crippen molar-refractivity contribution in [3.63, 3.8) is 0 Å². The molecule has 1 N–H and O–H groups in total. The molecule has 0 unspecified atom stereocenters. The molecule has 0 saturated carbocycles. The van der Waals surface area contributed by atoms with Gasteiger partial charge in [-0.2, -0.15) is 5.10 Å². The van der Waals surface area contributed by atoms with Gasteiger partial charge in [0.15, 0.2) is 0 Å². The van der Waals surface area contributed by atoms with Crippen LogP contribution in [0.25, 0.3) is 10.8 Å². The first-order valence-electron chi connectivity index (χ1n) is 6.88. The molecule has 0 fully saturated rings. The first-order chi connectivity index (χ1) is 10.3. The van der Waals surface area contributed by atoms with Crippen LogP contribution in [0.2, 0.25) is 0 Å². The van der Waals surface area contributed by atoms with Crippen LogP contribution < -0.4 is 10.9 Å². The van der Waals surface area contributed by atoms with E-state index in [0.29, 0.717) is 5.39 Å². The van der Waals surface area contributed by atoms with Gasteiger partial charge in [-0.05, 0) is 39.0 Å². The van der Waals surface area contributed by atoms with Gasteiger partial charge in [-0.15, -0.1) is 0 Å². The molecule has 0 aliphatic heterocycles. The highest BCUT2D eigenvalue weighted by atomic mass is 79.9. The van der Waals surface area contributed by atoms with Gasteiger partial charge in [0.1, 0.15) is 5.60 Å². The molecule has 0 aliphatic rings. The van der Waals surface area contributed by atoms with Crippen LogP contribution in [0.4, 0.5) is 4.79 Å². The molecule has 1 aromatic heterocycles. The standard InChI is InChI=1S/C15H18BrN3O3/c1-15(2,3)22-14(21)17-6-7-19-13(20)12-5-4-11(16)8-10(12)9-18-19/h4-5,8-9H,6-7H2,1-3H3,(H,17,21). The minimum Gasteiger partial charge on any atom is -0.444 e. The van der Waals surface area contributed by atoms with Crippen LogP contribution in [-0.4, -0.2) is 28.0 Å². The van der Waals surface area contributed by atoms with Gasteiger partial charge in [0.25, 0.3) is 5.56 Å². The van der Waals surface area contributed by atoms with Gasteiger partial charge >= 0.3 is 6.09 Å². The van der Waals surface area contributed by atoms with Crippen molar-refractivity contribution in [2.75, 3.05) is 6.54 Å². The van der Waals surface area contributed by atoms with E-state index in [4.69, 9.17) is 4.74 Å². The monoisotopic (exact) mass is 367 g/mol. The summed E-state index contributed by atoms with van der Waals surface area (Å²) in [5, 5.41) is 8.08. The van der Waals surface area contributed by atoms with Gasteiger partial charge in [-0.25, -0.2) is 9.48 Å². The quantitative estimate of drug-likeness (QED) is 0.904. The summed E-state index contributed by atoms with van der Waals surface area (Å²) < 4.78 is 7.35. The van der Waals surface area contributed by atoms with Crippen molar-refractivity contribution < 1.29 is 9.53 Å². The van der Waals surface area contributed by atoms with Crippen LogP contribution in [0.15, 0.2) is 33.7 Å². The van der Waals surface area contributed by atoms with E-state index in [-0.39, 0.29) is 18.6 Å². The average molecular weight is 368 g/mol. The van der Waals surface area contributed by atoms with Crippen molar-refractivity contribution in [2.24, 2.45) is 0 Å². The number of hydrogen-bond acceptors (Lipinski definition) is 4. The van der Waals surface area contributed by atoms with Crippen LogP contribution in [0, 0.1) is 0 Å². The zero-order valence-corrected chi connectivity index (χ0v) is 14.3. The molecule has 2 aromatic rings. The molecule has 0 saturated heterocycles. The summed E-state index contributed by atoms with van der Waals surface area (Å²) in [5.41, 5.74) is -0.730. The molecule has 0 atom stereocenters. The third-order valence-corrected chi connectivity index (χ3v) is 3.30. The van der Waals surface area contributed by atoms with Crippen molar-refractivity contribution >= 4 is 32.8 Å². The minimum atomic E-state index is -0.546. The number of ether oxygens (including phenoxy) is 1. The Kier molecular flexibility index (Phi) is 4.85. The first kappa shape index (κ1) is 16.5. The maximum atomic E-state index is 12.3. The van der Waals surface area contributed by atoms with Crippen LogP contribution >= 0.6 is 15.9 Å². The molecular weight excluding hydrogens is 350 g/mol. The van der Waals surface area contributed by atoms with Crippen LogP contribution in [-0.2, 0) is 11.3 Å². The number of carbonyl (C=O) groups excluding carboxylic acids is 1. The van der Waals surface area contributed by atoms with E-state index in [1.807, 2.05) is 12.1 Å². The second-order valence-electron chi connectivity index (χ2n) is 5.83. The van der Waals surface area contributed by atoms with Gasteiger partial charge in [-0.3, -0.25) is 4.79 Å². The fraction of sp³-hybridized carbons (Fsp3) is 0.400. The summed E-state index contributed by atoms with van der Waals surface area (Å²) in [7, 11) is 0. The number of fused-ring (bicyclic) bond motifs is 1. The van der Waals surface area contributed by atoms with Gasteiger partial charge in [0, 0.05) is 16.4 Å². The summed E-state index contributed by atoms with van der Waals surface area (Å²) in [6.45, 7) is 5.92. The number of carbonyl (C=O) groups is 1. The SMILES string of the molecule is CC(C)(C)OC(=O)NCCn1ncc2cc(Br)ccc2c1=O. The molecule has 0 radical (unpaired) electrons. The van der Waals surface area contributed by atoms with Crippen molar-refractivity contribution in [3.8, 4) is 0 Å². The summed E-state index contributed by atoms with van der Waals surface area (Å²) >= 11 is 3.36. The van der Waals surface area contributed by atoms with Crippen LogP contribution in [0.5, 0.6) is 0 Å². The Balaban J connectivity index is 2.04. The zero-order chi connectivity index (χ0) is 16.3. The van der Waals surface area contributed by atoms with Gasteiger partial charge in [-0.1, -0.05) is 15.9 Å². The van der Waals surface area contributed by atoms with Gasteiger partial charge in [0.2, 0.25) is 0 Å². The fourth-order valence-electron chi connectivity index (χ4n) is 1.90. The first-order valence-corrected chi connectivity index (χ1v) is 7.68. The number of aromatic nitrogens is 2. The van der Waals surface area contributed by atoms with E-state index in [0.717, 1.165) is 9.86 Å². The molecule has 1 aromatic carbocycles. The van der Waals surface area contributed by atoms with E-state index in [2.05, 4.69) is 26.3 Å². The molecule has 1 heterocycles. The largest absolute Gasteiger partial charge is 0.444 e. The second kappa shape index (κ2) is 6.48. The molecule has 2 rings (SSSR count). The third kappa shape index (κ3) is 4.30. The number of alkyl carbamates (subject to hydrolysis) is 1. The number of nitrogens with one attached hydrogen (secondary N) is 1. The Labute approximate surface area is 136 Å². The Morgan fingerprint density at radius 3 is 2.82 bits per heavy atom. The molecule has 0 spiro atoms. The molecule has 22 heavy (non-hydrogen) atoms. The number of halogens is 1. The second-order valence-corrected chi connectivity index (χ2v) is 6.75. The predicted molar refractivity (Wildman–Crippen MR) is 87.9 cm³/mol. The predicted octanol–water partition coefficient (Wildman–Crippen LogP) is 2.68. The lowest BCUT2D eigenvalue weighted by molar-refractivity contribution is 0.0525. The number of benzene rings is 1. The van der Waals surface area contributed by atoms with Crippen LogP contribution in [0.3, 0.4) is 0 Å². The van der Waals surface area contributed by atoms with Crippen molar-refractivity contribution in [1.82, 2.24) is 15.1 Å². The highest BCUT2D eigenvalue weighted by Crippen LogP contribution is 2.15. The average Bonchev–Trinajstić information content (AvgIpc) is 2.39. The number of rotatable bonds is 3. The molecular formula is C15H18BrN3O3. The van der Waals surface area contributed by atoms with E-state index >= 15 is 0 Å². The Morgan fingerprint density at radius 2 is 2.14 bits per heavy atom. The lowest BCUT2D eigenvalue weighted by Crippen LogP contribution is -2.36. The molecule has 1 amide bonds. The number of nitrogens with zero attached hydrogens (tertiary/aromatic N) is 2. The van der Waals surface area contributed by atoms with E-state index in [1.165, 1.54) is 4.68 Å². The Bertz CT molecular complexity index is 750. The summed E-state index contributed by atoms with van der Waals surface area (Å²) in [6.07, 6.45) is 1.12. The molecule has 7 heteroatoms. The summed E-state index contributed by atoms with van der Waals surface area (Å²) in [5.74, 6) is 0. The van der Waals surface area contributed by atoms with Crippen LogP contribution in [0.1, 0.15) is 20.8 Å². The van der Waals surface area contributed by atoms with E-state index < -0.39 is 11.7 Å². The molecule has 0 bridgehead atoms.